The molecule has 1 amide bonds. The van der Waals surface area contributed by atoms with Crippen molar-refractivity contribution in [3.05, 3.63) is 33.8 Å². The zero-order valence-electron chi connectivity index (χ0n) is 10.2. The van der Waals surface area contributed by atoms with Crippen LogP contribution in [0.15, 0.2) is 18.2 Å². The quantitative estimate of drug-likeness (QED) is 0.844. The number of benzene rings is 1. The lowest BCUT2D eigenvalue weighted by Crippen LogP contribution is -2.43. The number of nitrogens with one attached hydrogen (secondary N) is 1. The molecule has 0 saturated carbocycles. The molecular formula is C12H13Cl2NO3S. The number of thioether (sulfide) groups is 1. The van der Waals surface area contributed by atoms with Crippen LogP contribution in [0, 0.1) is 0 Å². The van der Waals surface area contributed by atoms with Crippen LogP contribution in [-0.2, 0) is 16.0 Å². The molecule has 4 nitrogen and oxygen atoms in total. The van der Waals surface area contributed by atoms with Gasteiger partial charge in [0.25, 0.3) is 0 Å². The van der Waals surface area contributed by atoms with Gasteiger partial charge in [0.1, 0.15) is 6.04 Å². The lowest BCUT2D eigenvalue weighted by atomic mass is 10.1. The summed E-state index contributed by atoms with van der Waals surface area (Å²) >= 11 is 13.0. The van der Waals surface area contributed by atoms with Crippen LogP contribution < -0.4 is 5.32 Å². The minimum atomic E-state index is -1.09. The molecule has 0 spiro atoms. The van der Waals surface area contributed by atoms with E-state index in [0.29, 0.717) is 15.6 Å². The van der Waals surface area contributed by atoms with Crippen molar-refractivity contribution >= 4 is 46.8 Å². The van der Waals surface area contributed by atoms with Gasteiger partial charge in [0, 0.05) is 16.5 Å². The van der Waals surface area contributed by atoms with Crippen molar-refractivity contribution in [1.29, 1.82) is 0 Å². The van der Waals surface area contributed by atoms with E-state index in [1.807, 2.05) is 0 Å². The van der Waals surface area contributed by atoms with Crippen molar-refractivity contribution in [3.63, 3.8) is 0 Å². The Kier molecular flexibility index (Phi) is 6.48. The summed E-state index contributed by atoms with van der Waals surface area (Å²) < 4.78 is 0. The second-order valence-electron chi connectivity index (χ2n) is 3.87. The topological polar surface area (TPSA) is 66.4 Å². The normalized spacial score (nSPS) is 11.9. The summed E-state index contributed by atoms with van der Waals surface area (Å²) in [5.74, 6) is -1.18. The highest BCUT2D eigenvalue weighted by atomic mass is 35.5. The highest BCUT2D eigenvalue weighted by Crippen LogP contribution is 2.20. The Morgan fingerprint density at radius 2 is 1.89 bits per heavy atom. The van der Waals surface area contributed by atoms with E-state index in [4.69, 9.17) is 28.3 Å². The van der Waals surface area contributed by atoms with Crippen LogP contribution in [-0.4, -0.2) is 35.0 Å². The fourth-order valence-corrected chi connectivity index (χ4v) is 2.45. The van der Waals surface area contributed by atoms with Gasteiger partial charge < -0.3 is 10.4 Å². The molecule has 0 saturated heterocycles. The van der Waals surface area contributed by atoms with Crippen LogP contribution in [0.3, 0.4) is 0 Å². The molecule has 104 valence electrons. The zero-order valence-corrected chi connectivity index (χ0v) is 12.5. The summed E-state index contributed by atoms with van der Waals surface area (Å²) in [6, 6.07) is 3.83. The fraction of sp³-hybridized carbons (Fsp3) is 0.333. The number of carbonyl (C=O) groups excluding carboxylic acids is 1. The van der Waals surface area contributed by atoms with Gasteiger partial charge >= 0.3 is 5.97 Å². The number of hydrogen-bond donors (Lipinski definition) is 2. The van der Waals surface area contributed by atoms with Crippen molar-refractivity contribution in [1.82, 2.24) is 5.32 Å². The number of aliphatic carboxylic acids is 1. The van der Waals surface area contributed by atoms with Crippen molar-refractivity contribution in [2.75, 3.05) is 12.0 Å². The summed E-state index contributed by atoms with van der Waals surface area (Å²) in [5, 5.41) is 12.4. The maximum atomic E-state index is 11.4. The van der Waals surface area contributed by atoms with Crippen molar-refractivity contribution in [2.45, 2.75) is 12.5 Å². The number of amides is 1. The molecule has 0 heterocycles. The third kappa shape index (κ3) is 5.72. The molecule has 7 heteroatoms. The van der Waals surface area contributed by atoms with E-state index in [1.54, 1.807) is 24.5 Å². The van der Waals surface area contributed by atoms with Crippen LogP contribution in [0.5, 0.6) is 0 Å². The number of carboxylic acids is 1. The van der Waals surface area contributed by atoms with Crippen molar-refractivity contribution in [2.24, 2.45) is 0 Å². The predicted molar refractivity (Wildman–Crippen MR) is 78.1 cm³/mol. The molecule has 2 N–H and O–H groups in total. The monoisotopic (exact) mass is 321 g/mol. The fourth-order valence-electron chi connectivity index (χ4n) is 1.53. The Labute approximate surface area is 125 Å². The molecule has 19 heavy (non-hydrogen) atoms. The van der Waals surface area contributed by atoms with Gasteiger partial charge in [-0.1, -0.05) is 23.2 Å². The molecule has 0 aliphatic carbocycles. The molecule has 1 atom stereocenters. The van der Waals surface area contributed by atoms with Crippen LogP contribution in [0.2, 0.25) is 10.0 Å². The molecule has 0 radical (unpaired) electrons. The second-order valence-corrected chi connectivity index (χ2v) is 5.61. The molecule has 0 aliphatic rings. The number of rotatable bonds is 6. The Morgan fingerprint density at radius 1 is 1.32 bits per heavy atom. The lowest BCUT2D eigenvalue weighted by molar-refractivity contribution is -0.141. The van der Waals surface area contributed by atoms with Crippen molar-refractivity contribution in [3.8, 4) is 0 Å². The molecule has 1 unspecified atom stereocenters. The maximum absolute atomic E-state index is 11.4. The van der Waals surface area contributed by atoms with E-state index in [1.165, 1.54) is 11.8 Å². The Hall–Kier alpha value is -0.910. The smallest absolute Gasteiger partial charge is 0.326 e. The first-order valence-corrected chi connectivity index (χ1v) is 7.53. The summed E-state index contributed by atoms with van der Waals surface area (Å²) in [6.07, 6.45) is 1.90. The van der Waals surface area contributed by atoms with E-state index in [0.717, 1.165) is 0 Å². The molecule has 0 aromatic heterocycles. The first kappa shape index (κ1) is 16.1. The predicted octanol–water partition coefficient (Wildman–Crippen LogP) is 2.47. The molecule has 0 aliphatic heterocycles. The van der Waals surface area contributed by atoms with Crippen LogP contribution in [0.25, 0.3) is 0 Å². The zero-order chi connectivity index (χ0) is 14.4. The van der Waals surface area contributed by atoms with Crippen LogP contribution in [0.4, 0.5) is 0 Å². The van der Waals surface area contributed by atoms with Gasteiger partial charge in [-0.05, 0) is 30.0 Å². The Bertz CT molecular complexity index is 462. The number of halogens is 2. The highest BCUT2D eigenvalue weighted by molar-refractivity contribution is 7.99. The molecule has 0 bridgehead atoms. The molecule has 1 aromatic carbocycles. The van der Waals surface area contributed by atoms with E-state index in [9.17, 15) is 9.59 Å². The minimum absolute atomic E-state index is 0.135. The van der Waals surface area contributed by atoms with Crippen molar-refractivity contribution < 1.29 is 14.7 Å². The first-order chi connectivity index (χ1) is 8.92. The van der Waals surface area contributed by atoms with Gasteiger partial charge in [0.15, 0.2) is 0 Å². The van der Waals surface area contributed by atoms with Gasteiger partial charge in [-0.15, -0.1) is 0 Å². The maximum Gasteiger partial charge on any atom is 0.326 e. The molecule has 1 rings (SSSR count). The van der Waals surface area contributed by atoms with E-state index >= 15 is 0 Å². The number of carboxylic acid groups (broad SMARTS) is 1. The second kappa shape index (κ2) is 7.62. The third-order valence-electron chi connectivity index (χ3n) is 2.27. The van der Waals surface area contributed by atoms with E-state index in [-0.39, 0.29) is 18.1 Å². The average Bonchev–Trinajstić information content (AvgIpc) is 2.26. The third-order valence-corrected chi connectivity index (χ3v) is 3.26. The SMILES string of the molecule is CSCC(=O)NC(Cc1cc(Cl)cc(Cl)c1)C(=O)O. The van der Waals surface area contributed by atoms with Gasteiger partial charge in [0.2, 0.25) is 5.91 Å². The summed E-state index contributed by atoms with van der Waals surface area (Å²) in [5.41, 5.74) is 0.661. The van der Waals surface area contributed by atoms with Crippen LogP contribution in [0.1, 0.15) is 5.56 Å². The van der Waals surface area contributed by atoms with Gasteiger partial charge in [0.05, 0.1) is 5.75 Å². The summed E-state index contributed by atoms with van der Waals surface area (Å²) in [6.45, 7) is 0. The molecular weight excluding hydrogens is 309 g/mol. The number of hydrogen-bond acceptors (Lipinski definition) is 3. The summed E-state index contributed by atoms with van der Waals surface area (Å²) in [7, 11) is 0. The summed E-state index contributed by atoms with van der Waals surface area (Å²) in [4.78, 5) is 22.6. The minimum Gasteiger partial charge on any atom is -0.480 e. The Morgan fingerprint density at radius 3 is 2.37 bits per heavy atom. The van der Waals surface area contributed by atoms with Gasteiger partial charge in [-0.25, -0.2) is 4.79 Å². The Balaban J connectivity index is 2.78. The number of carbonyl (C=O) groups is 2. The highest BCUT2D eigenvalue weighted by Gasteiger charge is 2.20. The van der Waals surface area contributed by atoms with E-state index in [2.05, 4.69) is 5.32 Å². The average molecular weight is 322 g/mol. The van der Waals surface area contributed by atoms with Gasteiger partial charge in [-0.3, -0.25) is 4.79 Å². The van der Waals surface area contributed by atoms with Crippen LogP contribution >= 0.6 is 35.0 Å². The first-order valence-electron chi connectivity index (χ1n) is 5.38. The van der Waals surface area contributed by atoms with Gasteiger partial charge in [-0.2, -0.15) is 11.8 Å². The standard InChI is InChI=1S/C12H13Cl2NO3S/c1-19-6-11(16)15-10(12(17)18)4-7-2-8(13)5-9(14)3-7/h2-3,5,10H,4,6H2,1H3,(H,15,16)(H,17,18). The lowest BCUT2D eigenvalue weighted by Gasteiger charge is -2.14. The largest absolute Gasteiger partial charge is 0.480 e. The van der Waals surface area contributed by atoms with E-state index < -0.39 is 12.0 Å². The molecule has 0 fully saturated rings. The molecule has 1 aromatic rings.